The minimum absolute atomic E-state index is 1.06. The predicted molar refractivity (Wildman–Crippen MR) is 44.0 cm³/mol. The Kier molecular flexibility index (Phi) is 5.89. The Bertz CT molecular complexity index is 242. The minimum atomic E-state index is -4.45. The van der Waals surface area contributed by atoms with E-state index in [0.29, 0.717) is 0 Å². The molecule has 14 heavy (non-hydrogen) atoms. The second-order valence-corrected chi connectivity index (χ2v) is 4.03. The molecule has 0 spiro atoms. The van der Waals surface area contributed by atoms with Gasteiger partial charge in [-0.25, -0.2) is 14.2 Å². The van der Waals surface area contributed by atoms with E-state index in [0.717, 1.165) is 0 Å². The van der Waals surface area contributed by atoms with Gasteiger partial charge in [0.2, 0.25) is 0 Å². The average molecular weight is 293 g/mol. The molecule has 0 aliphatic heterocycles. The number of aliphatic hydroxyl groups excluding tert-OH is 2. The highest BCUT2D eigenvalue weighted by Crippen LogP contribution is 2.51. The van der Waals surface area contributed by atoms with Crippen LogP contribution in [0.25, 0.3) is 0 Å². The van der Waals surface area contributed by atoms with Gasteiger partial charge in [-0.3, -0.25) is 0 Å². The van der Waals surface area contributed by atoms with E-state index in [2.05, 4.69) is 28.9 Å². The van der Waals surface area contributed by atoms with E-state index in [1.54, 1.807) is 0 Å². The van der Waals surface area contributed by atoms with Crippen LogP contribution in [-0.4, -0.2) is 35.4 Å². The molecular weight excluding hydrogens is 287 g/mol. The number of hydrogen-bond donors (Lipinski definition) is 2. The summed E-state index contributed by atoms with van der Waals surface area (Å²) in [5.41, 5.74) is 0. The Labute approximate surface area is 86.8 Å². The van der Waals surface area contributed by atoms with Crippen molar-refractivity contribution in [2.24, 2.45) is 0 Å². The van der Waals surface area contributed by atoms with Crippen molar-refractivity contribution in [3.8, 4) is 0 Å². The normalized spacial score (nSPS) is 10.8. The van der Waals surface area contributed by atoms with E-state index < -0.39 is 33.0 Å². The highest BCUT2D eigenvalue weighted by Gasteiger charge is 2.34. The predicted octanol–water partition coefficient (Wildman–Crippen LogP) is -0.508. The first kappa shape index (κ1) is 13.5. The van der Waals surface area contributed by atoms with Crippen molar-refractivity contribution in [1.29, 1.82) is 0 Å². The molecule has 2 N–H and O–H groups in total. The summed E-state index contributed by atoms with van der Waals surface area (Å²) >= 11 is 2.21. The second-order valence-electron chi connectivity index (χ2n) is 1.76. The van der Waals surface area contributed by atoms with Gasteiger partial charge in [-0.1, -0.05) is 0 Å². The second kappa shape index (κ2) is 6.10. The lowest BCUT2D eigenvalue weighted by Gasteiger charge is -2.11. The van der Waals surface area contributed by atoms with Crippen molar-refractivity contribution in [2.45, 2.75) is 0 Å². The molecule has 0 bridgehead atoms. The summed E-state index contributed by atoms with van der Waals surface area (Å²) in [5.74, 6) is -2.61. The summed E-state index contributed by atoms with van der Waals surface area (Å²) < 4.78 is 23.0. The van der Waals surface area contributed by atoms with Gasteiger partial charge in [-0.15, -0.1) is 0 Å². The van der Waals surface area contributed by atoms with Crippen molar-refractivity contribution in [3.05, 3.63) is 0 Å². The fourth-order valence-electron chi connectivity index (χ4n) is 0.354. The number of phosphoric acid groups is 1. The van der Waals surface area contributed by atoms with Gasteiger partial charge in [0.25, 0.3) is 0 Å². The first-order valence-electron chi connectivity index (χ1n) is 3.04. The molecule has 0 saturated heterocycles. The third-order valence-corrected chi connectivity index (χ3v) is 2.86. The van der Waals surface area contributed by atoms with Crippen LogP contribution in [0, 0.1) is 0 Å². The topological polar surface area (TPSA) is 119 Å². The fraction of sp³-hybridized carbons (Fsp3) is 0.500. The molecule has 0 fully saturated rings. The molecule has 10 heteroatoms. The SMILES string of the molecule is O=C(CO)OP(=O)(OBr)OC(=O)CO. The standard InChI is InChI=1S/C4H6BrO8P/c5-13-14(10,11-3(8)1-6)12-4(9)2-7/h6-7H,1-2H2. The lowest BCUT2D eigenvalue weighted by molar-refractivity contribution is -0.143. The maximum atomic E-state index is 11.1. The highest BCUT2D eigenvalue weighted by molar-refractivity contribution is 9.06. The van der Waals surface area contributed by atoms with E-state index in [1.165, 1.54) is 0 Å². The zero-order chi connectivity index (χ0) is 11.2. The molecule has 0 saturated carbocycles. The third-order valence-electron chi connectivity index (χ3n) is 0.770. The summed E-state index contributed by atoms with van der Waals surface area (Å²) in [6.07, 6.45) is 0. The van der Waals surface area contributed by atoms with Crippen LogP contribution in [0.3, 0.4) is 0 Å². The van der Waals surface area contributed by atoms with E-state index in [-0.39, 0.29) is 0 Å². The van der Waals surface area contributed by atoms with Gasteiger partial charge in [-0.05, 0) is 0 Å². The molecule has 0 aromatic rings. The van der Waals surface area contributed by atoms with Crippen molar-refractivity contribution < 1.29 is 37.0 Å². The maximum absolute atomic E-state index is 11.1. The van der Waals surface area contributed by atoms with E-state index in [1.807, 2.05) is 0 Å². The van der Waals surface area contributed by atoms with Gasteiger partial charge in [0, 0.05) is 0 Å². The van der Waals surface area contributed by atoms with Crippen LogP contribution in [0.15, 0.2) is 0 Å². The van der Waals surface area contributed by atoms with Gasteiger partial charge in [-0.2, -0.15) is 3.62 Å². The molecule has 0 heterocycles. The van der Waals surface area contributed by atoms with Gasteiger partial charge < -0.3 is 19.3 Å². The average Bonchev–Trinajstić information content (AvgIpc) is 2.17. The zero-order valence-corrected chi connectivity index (χ0v) is 9.06. The van der Waals surface area contributed by atoms with Crippen molar-refractivity contribution in [2.75, 3.05) is 13.2 Å². The van der Waals surface area contributed by atoms with Gasteiger partial charge in [0.05, 0.1) is 0 Å². The van der Waals surface area contributed by atoms with Crippen LogP contribution >= 0.6 is 24.1 Å². The monoisotopic (exact) mass is 292 g/mol. The smallest absolute Gasteiger partial charge is 0.385 e. The van der Waals surface area contributed by atoms with Crippen molar-refractivity contribution >= 4 is 36.0 Å². The first-order valence-corrected chi connectivity index (χ1v) is 5.15. The third kappa shape index (κ3) is 4.68. The lowest BCUT2D eigenvalue weighted by Crippen LogP contribution is -2.13. The Balaban J connectivity index is 4.40. The molecule has 0 aliphatic rings. The molecule has 0 radical (unpaired) electrons. The molecule has 0 atom stereocenters. The number of hydrogen-bond acceptors (Lipinski definition) is 8. The highest BCUT2D eigenvalue weighted by atomic mass is 79.9. The molecule has 82 valence electrons. The van der Waals surface area contributed by atoms with Crippen LogP contribution in [0.4, 0.5) is 0 Å². The molecule has 0 rings (SSSR count). The zero-order valence-electron chi connectivity index (χ0n) is 6.58. The number of aliphatic hydroxyl groups is 2. The van der Waals surface area contributed by atoms with E-state index in [9.17, 15) is 14.2 Å². The molecule has 8 nitrogen and oxygen atoms in total. The number of carbonyl (C=O) groups is 2. The minimum Gasteiger partial charge on any atom is -0.385 e. The molecule has 0 amide bonds. The quantitative estimate of drug-likeness (QED) is 0.650. The number of rotatable bonds is 5. The molecule has 0 aromatic carbocycles. The fourth-order valence-corrected chi connectivity index (χ4v) is 1.42. The van der Waals surface area contributed by atoms with Gasteiger partial charge >= 0.3 is 19.8 Å². The lowest BCUT2D eigenvalue weighted by atomic mass is 10.8. The van der Waals surface area contributed by atoms with Crippen molar-refractivity contribution in [3.63, 3.8) is 0 Å². The van der Waals surface area contributed by atoms with Gasteiger partial charge in [0.15, 0.2) is 0 Å². The largest absolute Gasteiger partial charge is 0.603 e. The van der Waals surface area contributed by atoms with Crippen LogP contribution in [0.2, 0.25) is 0 Å². The Morgan fingerprint density at radius 2 is 1.50 bits per heavy atom. The van der Waals surface area contributed by atoms with Gasteiger partial charge in [0.1, 0.15) is 29.5 Å². The summed E-state index contributed by atoms with van der Waals surface area (Å²) in [6, 6.07) is 0. The molecule has 0 unspecified atom stereocenters. The summed E-state index contributed by atoms with van der Waals surface area (Å²) in [7, 11) is -4.45. The Morgan fingerprint density at radius 3 is 1.71 bits per heavy atom. The van der Waals surface area contributed by atoms with Crippen LogP contribution < -0.4 is 0 Å². The number of phosphoric ester groups is 1. The van der Waals surface area contributed by atoms with Crippen LogP contribution in [-0.2, 0) is 26.8 Å². The summed E-state index contributed by atoms with van der Waals surface area (Å²) in [4.78, 5) is 20.9. The van der Waals surface area contributed by atoms with E-state index in [4.69, 9.17) is 10.2 Å². The molecule has 0 aliphatic carbocycles. The molecule has 0 aromatic heterocycles. The van der Waals surface area contributed by atoms with Crippen LogP contribution in [0.5, 0.6) is 0 Å². The summed E-state index contributed by atoms with van der Waals surface area (Å²) in [6.45, 7) is -2.12. The Morgan fingerprint density at radius 1 is 1.14 bits per heavy atom. The van der Waals surface area contributed by atoms with E-state index >= 15 is 0 Å². The summed E-state index contributed by atoms with van der Waals surface area (Å²) in [5, 5.41) is 16.5. The molecular formula is C4H6BrO8P. The maximum Gasteiger partial charge on any atom is 0.603 e. The number of carbonyl (C=O) groups excluding carboxylic acids is 2. The van der Waals surface area contributed by atoms with Crippen LogP contribution in [0.1, 0.15) is 0 Å². The Hall–Kier alpha value is -0.470. The van der Waals surface area contributed by atoms with Crippen molar-refractivity contribution in [1.82, 2.24) is 0 Å². The first-order chi connectivity index (χ1) is 6.47. The number of halogens is 1.